The first-order valence-corrected chi connectivity index (χ1v) is 10.2. The molecule has 1 saturated heterocycles. The summed E-state index contributed by atoms with van der Waals surface area (Å²) in [4.78, 5) is 14.8. The van der Waals surface area contributed by atoms with E-state index in [-0.39, 0.29) is 5.91 Å². The zero-order valence-electron chi connectivity index (χ0n) is 16.5. The molecule has 0 N–H and O–H groups in total. The zero-order valence-corrected chi connectivity index (χ0v) is 16.5. The molecule has 1 fully saturated rings. The Kier molecular flexibility index (Phi) is 5.65. The molecule has 1 amide bonds. The van der Waals surface area contributed by atoms with Gasteiger partial charge in [-0.3, -0.25) is 4.79 Å². The van der Waals surface area contributed by atoms with E-state index in [1.807, 2.05) is 23.2 Å². The minimum absolute atomic E-state index is 0.259. The lowest BCUT2D eigenvalue weighted by Gasteiger charge is -2.32. The number of ether oxygens (including phenoxy) is 1. The topological polar surface area (TPSA) is 34.5 Å². The number of rotatable bonds is 6. The van der Waals surface area contributed by atoms with Crippen molar-refractivity contribution in [3.63, 3.8) is 0 Å². The van der Waals surface area contributed by atoms with Crippen molar-refractivity contribution < 1.29 is 9.53 Å². The molecule has 146 valence electrons. The molecule has 2 aromatic carbocycles. The number of hydrogen-bond acceptors (Lipinski definition) is 2. The molecule has 4 nitrogen and oxygen atoms in total. The van der Waals surface area contributed by atoms with Gasteiger partial charge in [0, 0.05) is 37.6 Å². The minimum atomic E-state index is 0.259. The summed E-state index contributed by atoms with van der Waals surface area (Å²) < 4.78 is 7.63. The second-order valence-corrected chi connectivity index (χ2v) is 7.67. The summed E-state index contributed by atoms with van der Waals surface area (Å²) in [7, 11) is 1.69. The van der Waals surface area contributed by atoms with Gasteiger partial charge in [0.25, 0.3) is 0 Å². The lowest BCUT2D eigenvalue weighted by molar-refractivity contribution is -0.132. The summed E-state index contributed by atoms with van der Waals surface area (Å²) in [5.41, 5.74) is 2.47. The normalized spacial score (nSPS) is 15.1. The van der Waals surface area contributed by atoms with E-state index in [2.05, 4.69) is 47.0 Å². The first-order valence-electron chi connectivity index (χ1n) is 10.2. The summed E-state index contributed by atoms with van der Waals surface area (Å²) in [5.74, 6) is 1.80. The van der Waals surface area contributed by atoms with Gasteiger partial charge in [0.2, 0.25) is 5.91 Å². The van der Waals surface area contributed by atoms with Gasteiger partial charge >= 0.3 is 0 Å². The van der Waals surface area contributed by atoms with Gasteiger partial charge in [-0.05, 0) is 42.9 Å². The Morgan fingerprint density at radius 2 is 1.82 bits per heavy atom. The first kappa shape index (κ1) is 18.6. The smallest absolute Gasteiger partial charge is 0.224 e. The van der Waals surface area contributed by atoms with E-state index >= 15 is 0 Å². The number of hydrogen-bond donors (Lipinski definition) is 0. The maximum atomic E-state index is 12.7. The number of carbonyl (C=O) groups is 1. The van der Waals surface area contributed by atoms with Crippen LogP contribution >= 0.6 is 0 Å². The van der Waals surface area contributed by atoms with Crippen molar-refractivity contribution in [3.05, 3.63) is 66.4 Å². The van der Waals surface area contributed by atoms with E-state index in [1.54, 1.807) is 7.11 Å². The molecule has 4 heteroatoms. The fourth-order valence-electron chi connectivity index (χ4n) is 4.29. The van der Waals surface area contributed by atoms with E-state index in [0.29, 0.717) is 18.9 Å². The van der Waals surface area contributed by atoms with Crippen LogP contribution in [-0.2, 0) is 17.8 Å². The van der Waals surface area contributed by atoms with Crippen LogP contribution in [0, 0.1) is 5.92 Å². The largest absolute Gasteiger partial charge is 0.495 e. The van der Waals surface area contributed by atoms with Gasteiger partial charge in [0.1, 0.15) is 5.75 Å². The maximum absolute atomic E-state index is 12.7. The summed E-state index contributed by atoms with van der Waals surface area (Å²) in [5, 5.41) is 1.15. The number of carbonyl (C=O) groups excluding carboxylic acids is 1. The zero-order chi connectivity index (χ0) is 19.3. The number of fused-ring (bicyclic) bond motifs is 1. The number of methoxy groups -OCH3 is 1. The molecule has 0 unspecified atom stereocenters. The molecule has 1 aromatic heterocycles. The molecule has 28 heavy (non-hydrogen) atoms. The molecular formula is C24H28N2O2. The van der Waals surface area contributed by atoms with Gasteiger partial charge in [-0.15, -0.1) is 0 Å². The Morgan fingerprint density at radius 3 is 2.57 bits per heavy atom. The predicted molar refractivity (Wildman–Crippen MR) is 113 cm³/mol. The molecule has 1 aliphatic heterocycles. The van der Waals surface area contributed by atoms with Crippen LogP contribution in [0.4, 0.5) is 0 Å². The molecule has 0 bridgehead atoms. The molecular weight excluding hydrogens is 348 g/mol. The third kappa shape index (κ3) is 4.06. The molecule has 1 aliphatic rings. The average Bonchev–Trinajstić information content (AvgIpc) is 3.16. The fraction of sp³-hybridized carbons (Fsp3) is 0.375. The van der Waals surface area contributed by atoms with Gasteiger partial charge in [-0.25, -0.2) is 0 Å². The van der Waals surface area contributed by atoms with Gasteiger partial charge in [0.15, 0.2) is 0 Å². The van der Waals surface area contributed by atoms with E-state index in [9.17, 15) is 4.79 Å². The Balaban J connectivity index is 1.31. The van der Waals surface area contributed by atoms with Crippen LogP contribution in [0.5, 0.6) is 5.75 Å². The average molecular weight is 377 g/mol. The summed E-state index contributed by atoms with van der Waals surface area (Å²) in [6.45, 7) is 2.45. The lowest BCUT2D eigenvalue weighted by atomic mass is 9.90. The Bertz CT molecular complexity index is 924. The van der Waals surface area contributed by atoms with Crippen LogP contribution in [0.25, 0.3) is 10.9 Å². The number of likely N-dealkylation sites (tertiary alicyclic amines) is 1. The van der Waals surface area contributed by atoms with E-state index in [1.165, 1.54) is 5.56 Å². The van der Waals surface area contributed by atoms with E-state index in [0.717, 1.165) is 49.0 Å². The molecule has 0 spiro atoms. The molecule has 0 aliphatic carbocycles. The summed E-state index contributed by atoms with van der Waals surface area (Å²) in [6, 6.07) is 18.8. The van der Waals surface area contributed by atoms with Crippen LogP contribution in [0.15, 0.2) is 60.8 Å². The lowest BCUT2D eigenvalue weighted by Crippen LogP contribution is -2.39. The Morgan fingerprint density at radius 1 is 1.04 bits per heavy atom. The SMILES string of the molecule is COc1cccc2ccn(CCC(=O)N3CCC(Cc4ccccc4)CC3)c12. The van der Waals surface area contributed by atoms with Crippen LogP contribution < -0.4 is 4.74 Å². The molecule has 2 heterocycles. The minimum Gasteiger partial charge on any atom is -0.495 e. The second kappa shape index (κ2) is 8.51. The van der Waals surface area contributed by atoms with Crippen molar-refractivity contribution in [3.8, 4) is 5.75 Å². The number of para-hydroxylation sites is 1. The van der Waals surface area contributed by atoms with Crippen LogP contribution in [-0.4, -0.2) is 35.6 Å². The quantitative estimate of drug-likeness (QED) is 0.634. The number of amides is 1. The molecule has 4 rings (SSSR count). The van der Waals surface area contributed by atoms with Crippen molar-refractivity contribution in [2.24, 2.45) is 5.92 Å². The standard InChI is InChI=1S/C24H28N2O2/c1-28-22-9-5-8-21-12-16-26(24(21)22)17-13-23(27)25-14-10-20(11-15-25)18-19-6-3-2-4-7-19/h2-9,12,16,20H,10-11,13-15,17-18H2,1H3. The highest BCUT2D eigenvalue weighted by atomic mass is 16.5. The summed E-state index contributed by atoms with van der Waals surface area (Å²) in [6.07, 6.45) is 5.90. The monoisotopic (exact) mass is 376 g/mol. The number of aromatic nitrogens is 1. The van der Waals surface area contributed by atoms with Gasteiger partial charge in [-0.2, -0.15) is 0 Å². The predicted octanol–water partition coefficient (Wildman–Crippen LogP) is 4.52. The van der Waals surface area contributed by atoms with Crippen LogP contribution in [0.3, 0.4) is 0 Å². The van der Waals surface area contributed by atoms with Crippen molar-refractivity contribution in [1.29, 1.82) is 0 Å². The molecule has 3 aromatic rings. The molecule has 0 saturated carbocycles. The fourth-order valence-corrected chi connectivity index (χ4v) is 4.29. The third-order valence-corrected chi connectivity index (χ3v) is 5.87. The number of piperidine rings is 1. The second-order valence-electron chi connectivity index (χ2n) is 7.67. The van der Waals surface area contributed by atoms with Crippen molar-refractivity contribution in [2.45, 2.75) is 32.2 Å². The van der Waals surface area contributed by atoms with Crippen LogP contribution in [0.1, 0.15) is 24.8 Å². The van der Waals surface area contributed by atoms with Crippen molar-refractivity contribution in [2.75, 3.05) is 20.2 Å². The van der Waals surface area contributed by atoms with E-state index < -0.39 is 0 Å². The Hall–Kier alpha value is -2.75. The van der Waals surface area contributed by atoms with Gasteiger partial charge < -0.3 is 14.2 Å². The number of aryl methyl sites for hydroxylation is 1. The highest BCUT2D eigenvalue weighted by Crippen LogP contribution is 2.27. The van der Waals surface area contributed by atoms with Gasteiger partial charge in [-0.1, -0.05) is 42.5 Å². The van der Waals surface area contributed by atoms with E-state index in [4.69, 9.17) is 4.74 Å². The number of nitrogens with zero attached hydrogens (tertiary/aromatic N) is 2. The van der Waals surface area contributed by atoms with Gasteiger partial charge in [0.05, 0.1) is 12.6 Å². The summed E-state index contributed by atoms with van der Waals surface area (Å²) >= 11 is 0. The van der Waals surface area contributed by atoms with Crippen molar-refractivity contribution in [1.82, 2.24) is 9.47 Å². The Labute approximate surface area is 166 Å². The van der Waals surface area contributed by atoms with Crippen LogP contribution in [0.2, 0.25) is 0 Å². The highest BCUT2D eigenvalue weighted by Gasteiger charge is 2.23. The number of benzene rings is 2. The first-order chi connectivity index (χ1) is 13.7. The molecule has 0 atom stereocenters. The molecule has 0 radical (unpaired) electrons. The highest BCUT2D eigenvalue weighted by molar-refractivity contribution is 5.86. The maximum Gasteiger partial charge on any atom is 0.224 e. The van der Waals surface area contributed by atoms with Crippen molar-refractivity contribution >= 4 is 16.8 Å². The third-order valence-electron chi connectivity index (χ3n) is 5.87.